The molecule has 0 aliphatic rings. The number of likely N-dealkylation sites (N-methyl/N-ethyl adjacent to an activating group) is 2. The third kappa shape index (κ3) is 8.28. The van der Waals surface area contributed by atoms with E-state index < -0.39 is 40.8 Å². The molecule has 0 spiro atoms. The van der Waals surface area contributed by atoms with E-state index in [1.807, 2.05) is 0 Å². The molecule has 4 aromatic rings. The standard InChI is InChI=1S/C37H36F3N3O5/c1-3-41-34(46)36(35(47)42-4-2,28-13-6-5-7-14-28)21-22-48-33(45)27-12-10-11-25(23-27)24-43-32(44)31-16-9-8-15-30(31)26-17-19-29(20-18-26)37(38,39)40/h5-20,23H,3-4,21-22,24H2,1-2H3,(H,41,46)(H,42,47)(H,43,44). The Kier molecular flexibility index (Phi) is 11.7. The molecule has 0 radical (unpaired) electrons. The molecule has 3 amide bonds. The van der Waals surface area contributed by atoms with Crippen molar-refractivity contribution in [1.82, 2.24) is 16.0 Å². The molecular formula is C37H36F3N3O5. The summed E-state index contributed by atoms with van der Waals surface area (Å²) in [7, 11) is 0. The van der Waals surface area contributed by atoms with Gasteiger partial charge in [0.1, 0.15) is 0 Å². The molecule has 4 rings (SSSR count). The number of esters is 1. The lowest BCUT2D eigenvalue weighted by Gasteiger charge is -2.31. The van der Waals surface area contributed by atoms with Crippen LogP contribution in [0.15, 0.2) is 103 Å². The maximum absolute atomic E-state index is 13.4. The van der Waals surface area contributed by atoms with Crippen molar-refractivity contribution in [3.63, 3.8) is 0 Å². The number of nitrogens with one attached hydrogen (secondary N) is 3. The van der Waals surface area contributed by atoms with E-state index in [4.69, 9.17) is 4.74 Å². The molecule has 0 atom stereocenters. The fraction of sp³-hybridized carbons (Fsp3) is 0.243. The monoisotopic (exact) mass is 659 g/mol. The highest BCUT2D eigenvalue weighted by Gasteiger charge is 2.47. The Hall–Kier alpha value is -5.45. The van der Waals surface area contributed by atoms with Gasteiger partial charge in [0.15, 0.2) is 5.41 Å². The summed E-state index contributed by atoms with van der Waals surface area (Å²) in [5.74, 6) is -2.14. The van der Waals surface area contributed by atoms with Crippen molar-refractivity contribution in [3.8, 4) is 11.1 Å². The lowest BCUT2D eigenvalue weighted by molar-refractivity contribution is -0.139. The molecule has 8 nitrogen and oxygen atoms in total. The molecule has 0 aliphatic carbocycles. The highest BCUT2D eigenvalue weighted by Crippen LogP contribution is 2.32. The molecule has 0 aliphatic heterocycles. The summed E-state index contributed by atoms with van der Waals surface area (Å²) in [4.78, 5) is 53.0. The molecule has 48 heavy (non-hydrogen) atoms. The Morgan fingerprint density at radius 2 is 1.31 bits per heavy atom. The van der Waals surface area contributed by atoms with Gasteiger partial charge in [0.05, 0.1) is 17.7 Å². The molecule has 4 aromatic carbocycles. The van der Waals surface area contributed by atoms with Gasteiger partial charge in [0.25, 0.3) is 5.91 Å². The third-order valence-electron chi connectivity index (χ3n) is 7.74. The fourth-order valence-corrected chi connectivity index (χ4v) is 5.32. The fourth-order valence-electron chi connectivity index (χ4n) is 5.32. The summed E-state index contributed by atoms with van der Waals surface area (Å²) in [5.41, 5.74) is 0.0371. The van der Waals surface area contributed by atoms with Gasteiger partial charge in [-0.05, 0) is 66.4 Å². The second kappa shape index (κ2) is 15.9. The first-order valence-corrected chi connectivity index (χ1v) is 15.4. The van der Waals surface area contributed by atoms with Crippen LogP contribution in [0, 0.1) is 0 Å². The van der Waals surface area contributed by atoms with Crippen molar-refractivity contribution in [1.29, 1.82) is 0 Å². The molecule has 11 heteroatoms. The van der Waals surface area contributed by atoms with Crippen LogP contribution < -0.4 is 16.0 Å². The van der Waals surface area contributed by atoms with E-state index in [0.29, 0.717) is 35.3 Å². The van der Waals surface area contributed by atoms with E-state index in [-0.39, 0.29) is 30.7 Å². The van der Waals surface area contributed by atoms with Gasteiger partial charge in [-0.2, -0.15) is 13.2 Å². The quantitative estimate of drug-likeness (QED) is 0.119. The third-order valence-corrected chi connectivity index (χ3v) is 7.74. The van der Waals surface area contributed by atoms with Crippen LogP contribution >= 0.6 is 0 Å². The first-order valence-electron chi connectivity index (χ1n) is 15.4. The van der Waals surface area contributed by atoms with Gasteiger partial charge in [-0.3, -0.25) is 14.4 Å². The molecule has 0 unspecified atom stereocenters. The lowest BCUT2D eigenvalue weighted by atomic mass is 9.75. The molecule has 0 heterocycles. The Morgan fingerprint density at radius 3 is 1.94 bits per heavy atom. The van der Waals surface area contributed by atoms with Crippen LogP contribution in [0.25, 0.3) is 11.1 Å². The summed E-state index contributed by atoms with van der Waals surface area (Å²) in [6.45, 7) is 3.92. The number of amides is 3. The number of alkyl halides is 3. The minimum absolute atomic E-state index is 0.0484. The lowest BCUT2D eigenvalue weighted by Crippen LogP contribution is -2.55. The van der Waals surface area contributed by atoms with E-state index in [2.05, 4.69) is 16.0 Å². The highest BCUT2D eigenvalue weighted by atomic mass is 19.4. The summed E-state index contributed by atoms with van der Waals surface area (Å²) < 4.78 is 44.6. The zero-order chi connectivity index (χ0) is 34.7. The van der Waals surface area contributed by atoms with Crippen LogP contribution in [0.4, 0.5) is 13.2 Å². The minimum Gasteiger partial charge on any atom is -0.462 e. The zero-order valence-electron chi connectivity index (χ0n) is 26.5. The number of rotatable bonds is 13. The van der Waals surface area contributed by atoms with E-state index >= 15 is 0 Å². The van der Waals surface area contributed by atoms with E-state index in [9.17, 15) is 32.3 Å². The summed E-state index contributed by atoms with van der Waals surface area (Å²) in [6, 6.07) is 26.2. The smallest absolute Gasteiger partial charge is 0.416 e. The predicted octanol–water partition coefficient (Wildman–Crippen LogP) is 6.06. The van der Waals surface area contributed by atoms with Gasteiger partial charge < -0.3 is 20.7 Å². The number of ether oxygens (including phenoxy) is 1. The summed E-state index contributed by atoms with van der Waals surface area (Å²) in [6.07, 6.45) is -4.58. The number of halogens is 3. The summed E-state index contributed by atoms with van der Waals surface area (Å²) >= 11 is 0. The second-order valence-electron chi connectivity index (χ2n) is 10.9. The molecule has 250 valence electrons. The minimum atomic E-state index is -4.47. The summed E-state index contributed by atoms with van der Waals surface area (Å²) in [5, 5.41) is 8.28. The van der Waals surface area contributed by atoms with Gasteiger partial charge in [-0.25, -0.2) is 4.79 Å². The first-order chi connectivity index (χ1) is 23.0. The second-order valence-corrected chi connectivity index (χ2v) is 10.9. The number of carbonyl (C=O) groups excluding carboxylic acids is 4. The molecule has 0 fully saturated rings. The van der Waals surface area contributed by atoms with Gasteiger partial charge >= 0.3 is 12.1 Å². The van der Waals surface area contributed by atoms with Crippen molar-refractivity contribution in [2.75, 3.05) is 19.7 Å². The van der Waals surface area contributed by atoms with Crippen molar-refractivity contribution < 1.29 is 37.1 Å². The van der Waals surface area contributed by atoms with Gasteiger partial charge in [0.2, 0.25) is 11.8 Å². The highest BCUT2D eigenvalue weighted by molar-refractivity contribution is 6.11. The molecule has 0 saturated heterocycles. The topological polar surface area (TPSA) is 114 Å². The maximum Gasteiger partial charge on any atom is 0.416 e. The van der Waals surface area contributed by atoms with Gasteiger partial charge in [-0.15, -0.1) is 0 Å². The zero-order valence-corrected chi connectivity index (χ0v) is 26.5. The number of carbonyl (C=O) groups is 4. The number of benzene rings is 4. The predicted molar refractivity (Wildman–Crippen MR) is 175 cm³/mol. The Morgan fingerprint density at radius 1 is 0.688 bits per heavy atom. The van der Waals surface area contributed by atoms with Gasteiger partial charge in [0, 0.05) is 31.6 Å². The molecule has 0 aromatic heterocycles. The van der Waals surface area contributed by atoms with E-state index in [1.165, 1.54) is 12.1 Å². The van der Waals surface area contributed by atoms with Crippen LogP contribution in [0.3, 0.4) is 0 Å². The normalized spacial score (nSPS) is 11.4. The van der Waals surface area contributed by atoms with Gasteiger partial charge in [-0.1, -0.05) is 72.8 Å². The van der Waals surface area contributed by atoms with Crippen LogP contribution in [-0.2, 0) is 32.5 Å². The van der Waals surface area contributed by atoms with Crippen LogP contribution in [0.1, 0.15) is 57.7 Å². The molecule has 3 N–H and O–H groups in total. The largest absolute Gasteiger partial charge is 0.462 e. The number of hydrogen-bond donors (Lipinski definition) is 3. The Balaban J connectivity index is 1.44. The molecule has 0 bridgehead atoms. The van der Waals surface area contributed by atoms with Crippen molar-refractivity contribution in [2.45, 2.75) is 38.4 Å². The first kappa shape index (κ1) is 35.4. The average molecular weight is 660 g/mol. The molecule has 0 saturated carbocycles. The Bertz CT molecular complexity index is 1720. The molecular weight excluding hydrogens is 623 g/mol. The number of hydrogen-bond acceptors (Lipinski definition) is 5. The van der Waals surface area contributed by atoms with E-state index in [0.717, 1.165) is 12.1 Å². The van der Waals surface area contributed by atoms with Crippen molar-refractivity contribution in [2.24, 2.45) is 0 Å². The Labute approximate surface area is 276 Å². The van der Waals surface area contributed by atoms with E-state index in [1.54, 1.807) is 92.7 Å². The SMILES string of the molecule is CCNC(=O)C(CCOC(=O)c1cccc(CNC(=O)c2ccccc2-c2ccc(C(F)(F)F)cc2)c1)(C(=O)NCC)c1ccccc1. The van der Waals surface area contributed by atoms with Crippen LogP contribution in [0.5, 0.6) is 0 Å². The van der Waals surface area contributed by atoms with Crippen molar-refractivity contribution in [3.05, 3.63) is 131 Å². The average Bonchev–Trinajstić information content (AvgIpc) is 3.09. The maximum atomic E-state index is 13.4. The van der Waals surface area contributed by atoms with Crippen molar-refractivity contribution >= 4 is 23.7 Å². The van der Waals surface area contributed by atoms with Crippen LogP contribution in [0.2, 0.25) is 0 Å². The van der Waals surface area contributed by atoms with Crippen LogP contribution in [-0.4, -0.2) is 43.4 Å².